The van der Waals surface area contributed by atoms with Crippen molar-refractivity contribution < 1.29 is 9.47 Å². The van der Waals surface area contributed by atoms with Crippen LogP contribution in [-0.2, 0) is 5.41 Å². The molecule has 0 aliphatic carbocycles. The van der Waals surface area contributed by atoms with Crippen LogP contribution in [0.2, 0.25) is 0 Å². The van der Waals surface area contributed by atoms with Crippen molar-refractivity contribution in [3.63, 3.8) is 0 Å². The van der Waals surface area contributed by atoms with Crippen LogP contribution in [0, 0.1) is 23.2 Å². The van der Waals surface area contributed by atoms with Crippen molar-refractivity contribution in [3.8, 4) is 17.6 Å². The molecule has 0 amide bonds. The maximum Gasteiger partial charge on any atom is 0.144 e. The SMILES string of the molecule is C.C=Cc1cc(C(C)(C)c2ccc(OCC3=C(N4CCC(C(C)C=C)CC4)/C(=C/C)C(SC)N=C3)cc2)cc(C#N)c1OCCC.CC.CC.CC. The van der Waals surface area contributed by atoms with Crippen LogP contribution < -0.4 is 9.47 Å². The highest BCUT2D eigenvalue weighted by atomic mass is 32.2. The van der Waals surface area contributed by atoms with E-state index in [1.54, 1.807) is 17.8 Å². The standard InChI is InChI=1S/C39H49N3O2S.3C2H6.CH4/c1-9-21-43-37-28(11-3)22-33(23-30(37)24-40)39(6,7)32-13-15-34(16-14-32)44-26-31-25-41-38(45-8)35(12-4)36(31)42-19-17-29(18-20-42)27(5)10-2;3*1-2;/h10-16,22-23,25,27,29,38H,2-3,9,17-21,26H2,1,4-8H3;3*1-2H3;1H4/b35-12-;;;;. The molecule has 0 aromatic heterocycles. The van der Waals surface area contributed by atoms with Gasteiger partial charge in [-0.05, 0) is 79.7 Å². The molecular weight excluding hydrogens is 659 g/mol. The van der Waals surface area contributed by atoms with Crippen LogP contribution in [0.1, 0.15) is 125 Å². The quantitative estimate of drug-likeness (QED) is 0.192. The van der Waals surface area contributed by atoms with Gasteiger partial charge in [0.2, 0.25) is 0 Å². The third kappa shape index (κ3) is 12.2. The van der Waals surface area contributed by atoms with Gasteiger partial charge in [-0.2, -0.15) is 5.26 Å². The first kappa shape index (κ1) is 48.3. The molecule has 5 nitrogen and oxygen atoms in total. The third-order valence-electron chi connectivity index (χ3n) is 9.32. The number of rotatable bonds is 13. The Morgan fingerprint density at radius 3 is 2.13 bits per heavy atom. The van der Waals surface area contributed by atoms with Crippen LogP contribution in [-0.4, -0.2) is 49.0 Å². The third-order valence-corrected chi connectivity index (χ3v) is 10.1. The van der Waals surface area contributed by atoms with E-state index >= 15 is 0 Å². The van der Waals surface area contributed by atoms with Crippen LogP contribution in [0.15, 0.2) is 83.5 Å². The zero-order chi connectivity index (χ0) is 38.6. The van der Waals surface area contributed by atoms with E-state index in [2.05, 4.69) is 95.4 Å². The summed E-state index contributed by atoms with van der Waals surface area (Å²) in [6.45, 7) is 33.9. The van der Waals surface area contributed by atoms with Crippen molar-refractivity contribution in [2.75, 3.05) is 32.6 Å². The van der Waals surface area contributed by atoms with Gasteiger partial charge in [0.15, 0.2) is 0 Å². The lowest BCUT2D eigenvalue weighted by molar-refractivity contribution is 0.200. The Labute approximate surface area is 324 Å². The van der Waals surface area contributed by atoms with E-state index in [0.717, 1.165) is 47.5 Å². The van der Waals surface area contributed by atoms with Gasteiger partial charge in [-0.3, -0.25) is 4.99 Å². The Bertz CT molecular complexity index is 1490. The first-order valence-electron chi connectivity index (χ1n) is 19.1. The molecule has 0 bridgehead atoms. The number of dihydropyridines is 1. The summed E-state index contributed by atoms with van der Waals surface area (Å²) in [5.74, 6) is 2.65. The van der Waals surface area contributed by atoms with E-state index in [-0.39, 0.29) is 18.2 Å². The van der Waals surface area contributed by atoms with Gasteiger partial charge < -0.3 is 14.4 Å². The lowest BCUT2D eigenvalue weighted by Crippen LogP contribution is -2.38. The molecule has 2 heterocycles. The largest absolute Gasteiger partial charge is 0.492 e. The molecule has 0 saturated carbocycles. The molecule has 2 atom stereocenters. The fraction of sp³-hybridized carbons (Fsp3) is 0.522. The molecule has 4 rings (SSSR count). The summed E-state index contributed by atoms with van der Waals surface area (Å²) in [5, 5.41) is 10.0. The van der Waals surface area contributed by atoms with Crippen molar-refractivity contribution in [2.45, 2.75) is 114 Å². The van der Waals surface area contributed by atoms with Gasteiger partial charge in [0.25, 0.3) is 0 Å². The summed E-state index contributed by atoms with van der Waals surface area (Å²) >= 11 is 1.77. The monoisotopic (exact) mass is 730 g/mol. The lowest BCUT2D eigenvalue weighted by Gasteiger charge is -2.40. The van der Waals surface area contributed by atoms with Gasteiger partial charge in [0.05, 0.1) is 17.9 Å². The molecule has 2 aliphatic rings. The topological polar surface area (TPSA) is 57.8 Å². The summed E-state index contributed by atoms with van der Waals surface area (Å²) in [6.07, 6.45) is 13.4. The molecular formula is C46H71N3O2S. The molecule has 0 spiro atoms. The van der Waals surface area contributed by atoms with Gasteiger partial charge in [-0.1, -0.05) is 114 Å². The minimum absolute atomic E-state index is 0. The van der Waals surface area contributed by atoms with E-state index in [1.807, 2.05) is 66.0 Å². The molecule has 2 aromatic carbocycles. The smallest absolute Gasteiger partial charge is 0.144 e. The summed E-state index contributed by atoms with van der Waals surface area (Å²) in [4.78, 5) is 7.43. The Balaban J connectivity index is 0.00000353. The minimum atomic E-state index is -0.347. The Hall–Kier alpha value is -3.69. The van der Waals surface area contributed by atoms with Crippen molar-refractivity contribution in [1.29, 1.82) is 5.26 Å². The van der Waals surface area contributed by atoms with Gasteiger partial charge in [0, 0.05) is 41.4 Å². The highest BCUT2D eigenvalue weighted by Crippen LogP contribution is 2.38. The highest BCUT2D eigenvalue weighted by Gasteiger charge is 2.31. The van der Waals surface area contributed by atoms with Crippen LogP contribution >= 0.6 is 11.8 Å². The van der Waals surface area contributed by atoms with E-state index < -0.39 is 0 Å². The van der Waals surface area contributed by atoms with Gasteiger partial charge >= 0.3 is 0 Å². The van der Waals surface area contributed by atoms with Crippen LogP contribution in [0.4, 0.5) is 0 Å². The number of likely N-dealkylation sites (tertiary alicyclic amines) is 1. The summed E-state index contributed by atoms with van der Waals surface area (Å²) in [7, 11) is 0. The molecule has 2 aliphatic heterocycles. The van der Waals surface area contributed by atoms with Crippen LogP contribution in [0.5, 0.6) is 11.5 Å². The number of benzene rings is 2. The van der Waals surface area contributed by atoms with Crippen LogP contribution in [0.3, 0.4) is 0 Å². The number of nitriles is 1. The maximum atomic E-state index is 9.90. The average Bonchev–Trinajstić information content (AvgIpc) is 3.20. The Kier molecular flexibility index (Phi) is 23.5. The van der Waals surface area contributed by atoms with Crippen molar-refractivity contribution in [1.82, 2.24) is 4.90 Å². The number of allylic oxidation sites excluding steroid dienone is 2. The van der Waals surface area contributed by atoms with Gasteiger partial charge in [0.1, 0.15) is 29.5 Å². The lowest BCUT2D eigenvalue weighted by atomic mass is 9.77. The number of aliphatic imine (C=N–C) groups is 1. The maximum absolute atomic E-state index is 9.90. The molecule has 0 radical (unpaired) electrons. The van der Waals surface area contributed by atoms with Crippen molar-refractivity contribution >= 4 is 24.1 Å². The molecule has 52 heavy (non-hydrogen) atoms. The second kappa shape index (κ2) is 25.3. The van der Waals surface area contributed by atoms with Crippen molar-refractivity contribution in [2.24, 2.45) is 16.8 Å². The molecule has 0 N–H and O–H groups in total. The number of hydrogen-bond acceptors (Lipinski definition) is 6. The number of ether oxygens (including phenoxy) is 2. The molecule has 1 fully saturated rings. The predicted octanol–water partition coefficient (Wildman–Crippen LogP) is 12.9. The molecule has 288 valence electrons. The Morgan fingerprint density at radius 1 is 1.02 bits per heavy atom. The molecule has 6 heteroatoms. The van der Waals surface area contributed by atoms with Gasteiger partial charge in [-0.25, -0.2) is 0 Å². The first-order chi connectivity index (χ1) is 24.7. The molecule has 2 unspecified atom stereocenters. The summed E-state index contributed by atoms with van der Waals surface area (Å²) in [5.41, 5.74) is 6.88. The number of hydrogen-bond donors (Lipinski definition) is 0. The molecule has 2 aromatic rings. The second-order valence-corrected chi connectivity index (χ2v) is 13.4. The van der Waals surface area contributed by atoms with E-state index in [4.69, 9.17) is 14.5 Å². The van der Waals surface area contributed by atoms with Gasteiger partial charge in [-0.15, -0.1) is 18.3 Å². The summed E-state index contributed by atoms with van der Waals surface area (Å²) < 4.78 is 12.3. The number of nitrogens with zero attached hydrogens (tertiary/aromatic N) is 3. The second-order valence-electron chi connectivity index (χ2n) is 12.4. The number of piperidine rings is 1. The summed E-state index contributed by atoms with van der Waals surface area (Å²) in [6, 6.07) is 14.7. The van der Waals surface area contributed by atoms with E-state index in [1.165, 1.54) is 24.1 Å². The zero-order valence-corrected chi connectivity index (χ0v) is 34.8. The average molecular weight is 730 g/mol. The highest BCUT2D eigenvalue weighted by molar-refractivity contribution is 7.99. The molecule has 1 saturated heterocycles. The Morgan fingerprint density at radius 2 is 1.63 bits per heavy atom. The zero-order valence-electron chi connectivity index (χ0n) is 33.9. The fourth-order valence-corrected chi connectivity index (χ4v) is 6.99. The van der Waals surface area contributed by atoms with E-state index in [9.17, 15) is 5.26 Å². The van der Waals surface area contributed by atoms with Crippen LogP contribution in [0.25, 0.3) is 6.08 Å². The normalized spacial score (nSPS) is 16.7. The fourth-order valence-electron chi connectivity index (χ4n) is 6.31. The number of thioether (sulfide) groups is 1. The first-order valence-corrected chi connectivity index (χ1v) is 20.4. The van der Waals surface area contributed by atoms with E-state index in [0.29, 0.717) is 36.4 Å². The minimum Gasteiger partial charge on any atom is -0.492 e. The predicted molar refractivity (Wildman–Crippen MR) is 232 cm³/mol. The van der Waals surface area contributed by atoms with Crippen molar-refractivity contribution in [3.05, 3.63) is 101 Å².